The molecule has 1 aliphatic heterocycles. The number of esters is 1. The van der Waals surface area contributed by atoms with Gasteiger partial charge in [0.1, 0.15) is 6.04 Å². The summed E-state index contributed by atoms with van der Waals surface area (Å²) >= 11 is 0. The molecule has 24 heavy (non-hydrogen) atoms. The largest absolute Gasteiger partial charge is 0.459 e. The number of nitrogens with zero attached hydrogens (tertiary/aromatic N) is 1. The van der Waals surface area contributed by atoms with Crippen LogP contribution in [-0.4, -0.2) is 47.9 Å². The van der Waals surface area contributed by atoms with Crippen LogP contribution in [0.3, 0.4) is 0 Å². The summed E-state index contributed by atoms with van der Waals surface area (Å²) < 4.78 is 10.2. The number of hydrogen-bond acceptors (Lipinski definition) is 5. The van der Waals surface area contributed by atoms with Crippen molar-refractivity contribution >= 4 is 17.8 Å². The van der Waals surface area contributed by atoms with Crippen LogP contribution < -0.4 is 5.32 Å². The van der Waals surface area contributed by atoms with E-state index in [0.717, 1.165) is 25.7 Å². The number of ether oxygens (including phenoxy) is 1. The van der Waals surface area contributed by atoms with Crippen molar-refractivity contribution in [1.82, 2.24) is 10.2 Å². The standard InChI is InChI=1S/C17H24N2O5/c1-12(18-15(20)14-8-7-11-23-14)17(22)24-13(2)16(21)19-9-5-3-4-6-10-19/h7-8,11-13H,3-6,9-10H2,1-2H3,(H,18,20)/t12-,13?/m0/s1. The van der Waals surface area contributed by atoms with Gasteiger partial charge in [-0.05, 0) is 38.8 Å². The molecule has 1 aromatic heterocycles. The Morgan fingerprint density at radius 2 is 1.83 bits per heavy atom. The third-order valence-electron chi connectivity index (χ3n) is 4.00. The molecule has 132 valence electrons. The molecule has 2 atom stereocenters. The van der Waals surface area contributed by atoms with Crippen LogP contribution in [0.15, 0.2) is 22.8 Å². The molecule has 7 heteroatoms. The Morgan fingerprint density at radius 3 is 2.42 bits per heavy atom. The maximum Gasteiger partial charge on any atom is 0.329 e. The molecule has 0 bridgehead atoms. The molecule has 1 fully saturated rings. The van der Waals surface area contributed by atoms with Gasteiger partial charge in [0, 0.05) is 13.1 Å². The number of hydrogen-bond donors (Lipinski definition) is 1. The summed E-state index contributed by atoms with van der Waals surface area (Å²) in [6.45, 7) is 4.47. The van der Waals surface area contributed by atoms with Gasteiger partial charge >= 0.3 is 5.97 Å². The van der Waals surface area contributed by atoms with Gasteiger partial charge < -0.3 is 19.4 Å². The zero-order valence-corrected chi connectivity index (χ0v) is 14.1. The average molecular weight is 336 g/mol. The first-order valence-corrected chi connectivity index (χ1v) is 8.32. The summed E-state index contributed by atoms with van der Waals surface area (Å²) in [7, 11) is 0. The van der Waals surface area contributed by atoms with Gasteiger partial charge in [0.15, 0.2) is 11.9 Å². The minimum absolute atomic E-state index is 0.114. The van der Waals surface area contributed by atoms with Crippen molar-refractivity contribution in [3.63, 3.8) is 0 Å². The van der Waals surface area contributed by atoms with Gasteiger partial charge in [-0.2, -0.15) is 0 Å². The van der Waals surface area contributed by atoms with Gasteiger partial charge in [-0.15, -0.1) is 0 Å². The number of furan rings is 1. The molecule has 0 saturated carbocycles. The Bertz CT molecular complexity index is 562. The Hall–Kier alpha value is -2.31. The Labute approximate surface area is 141 Å². The molecule has 0 aromatic carbocycles. The van der Waals surface area contributed by atoms with Crippen molar-refractivity contribution < 1.29 is 23.5 Å². The number of nitrogens with one attached hydrogen (secondary N) is 1. The molecule has 1 aromatic rings. The number of amides is 2. The van der Waals surface area contributed by atoms with Gasteiger partial charge in [-0.3, -0.25) is 9.59 Å². The van der Waals surface area contributed by atoms with E-state index in [0.29, 0.717) is 13.1 Å². The molecule has 7 nitrogen and oxygen atoms in total. The molecule has 1 unspecified atom stereocenters. The number of carbonyl (C=O) groups excluding carboxylic acids is 3. The highest BCUT2D eigenvalue weighted by atomic mass is 16.5. The van der Waals surface area contributed by atoms with E-state index >= 15 is 0 Å². The van der Waals surface area contributed by atoms with Gasteiger partial charge in [0.25, 0.3) is 11.8 Å². The van der Waals surface area contributed by atoms with Crippen LogP contribution in [0.1, 0.15) is 50.1 Å². The van der Waals surface area contributed by atoms with Gasteiger partial charge in [0.2, 0.25) is 0 Å². The van der Waals surface area contributed by atoms with E-state index in [9.17, 15) is 14.4 Å². The lowest BCUT2D eigenvalue weighted by Gasteiger charge is -2.24. The van der Waals surface area contributed by atoms with Crippen molar-refractivity contribution in [2.24, 2.45) is 0 Å². The SMILES string of the molecule is CC(OC(=O)[C@H](C)NC(=O)c1ccco1)C(=O)N1CCCCCC1. The van der Waals surface area contributed by atoms with Crippen LogP contribution in [0, 0.1) is 0 Å². The third-order valence-corrected chi connectivity index (χ3v) is 4.00. The maximum absolute atomic E-state index is 12.4. The lowest BCUT2D eigenvalue weighted by Crippen LogP contribution is -2.45. The summed E-state index contributed by atoms with van der Waals surface area (Å²) in [5.41, 5.74) is 0. The minimum atomic E-state index is -0.873. The second-order valence-electron chi connectivity index (χ2n) is 5.99. The van der Waals surface area contributed by atoms with Crippen molar-refractivity contribution in [2.45, 2.75) is 51.7 Å². The van der Waals surface area contributed by atoms with Gasteiger partial charge in [0.05, 0.1) is 6.26 Å². The normalized spacial score (nSPS) is 17.5. The van der Waals surface area contributed by atoms with Crippen LogP contribution in [0.2, 0.25) is 0 Å². The minimum Gasteiger partial charge on any atom is -0.459 e. The number of rotatable bonds is 5. The first-order chi connectivity index (χ1) is 11.5. The van der Waals surface area contributed by atoms with Gasteiger partial charge in [-0.1, -0.05) is 12.8 Å². The van der Waals surface area contributed by atoms with E-state index in [4.69, 9.17) is 9.15 Å². The second kappa shape index (κ2) is 8.52. The predicted molar refractivity (Wildman–Crippen MR) is 86.2 cm³/mol. The summed E-state index contributed by atoms with van der Waals surface area (Å²) in [5.74, 6) is -1.22. The summed E-state index contributed by atoms with van der Waals surface area (Å²) in [6, 6.07) is 2.21. The molecule has 1 aliphatic rings. The van der Waals surface area contributed by atoms with E-state index in [1.807, 2.05) is 0 Å². The monoisotopic (exact) mass is 336 g/mol. The van der Waals surface area contributed by atoms with Crippen LogP contribution in [0.4, 0.5) is 0 Å². The van der Waals surface area contributed by atoms with Crippen molar-refractivity contribution in [1.29, 1.82) is 0 Å². The molecule has 1 saturated heterocycles. The zero-order chi connectivity index (χ0) is 17.5. The van der Waals surface area contributed by atoms with Crippen LogP contribution in [-0.2, 0) is 14.3 Å². The summed E-state index contributed by atoms with van der Waals surface area (Å²) in [6.07, 6.45) is 4.70. The molecular formula is C17H24N2O5. The molecule has 2 heterocycles. The van der Waals surface area contributed by atoms with E-state index in [-0.39, 0.29) is 11.7 Å². The highest BCUT2D eigenvalue weighted by Gasteiger charge is 2.27. The summed E-state index contributed by atoms with van der Waals surface area (Å²) in [4.78, 5) is 38.0. The summed E-state index contributed by atoms with van der Waals surface area (Å²) in [5, 5.41) is 2.48. The Morgan fingerprint density at radius 1 is 1.17 bits per heavy atom. The quantitative estimate of drug-likeness (QED) is 0.827. The predicted octanol–water partition coefficient (Wildman–Crippen LogP) is 1.73. The highest BCUT2D eigenvalue weighted by Crippen LogP contribution is 2.12. The smallest absolute Gasteiger partial charge is 0.329 e. The molecule has 2 amide bonds. The van der Waals surface area contributed by atoms with Crippen LogP contribution in [0.25, 0.3) is 0 Å². The van der Waals surface area contributed by atoms with Crippen molar-refractivity contribution in [2.75, 3.05) is 13.1 Å². The fourth-order valence-electron chi connectivity index (χ4n) is 2.61. The number of carbonyl (C=O) groups is 3. The first-order valence-electron chi connectivity index (χ1n) is 8.32. The Balaban J connectivity index is 1.83. The fourth-order valence-corrected chi connectivity index (χ4v) is 2.61. The zero-order valence-electron chi connectivity index (χ0n) is 14.1. The topological polar surface area (TPSA) is 88.8 Å². The molecule has 0 spiro atoms. The molecule has 2 rings (SSSR count). The Kier molecular flexibility index (Phi) is 6.40. The first kappa shape index (κ1) is 18.0. The van der Waals surface area contributed by atoms with E-state index in [1.165, 1.54) is 19.3 Å². The van der Waals surface area contributed by atoms with Crippen LogP contribution >= 0.6 is 0 Å². The molecule has 0 radical (unpaired) electrons. The lowest BCUT2D eigenvalue weighted by molar-refractivity contribution is -0.160. The molecule has 1 N–H and O–H groups in total. The second-order valence-corrected chi connectivity index (χ2v) is 5.99. The van der Waals surface area contributed by atoms with Crippen molar-refractivity contribution in [3.05, 3.63) is 24.2 Å². The van der Waals surface area contributed by atoms with Crippen molar-refractivity contribution in [3.8, 4) is 0 Å². The lowest BCUT2D eigenvalue weighted by atomic mass is 10.2. The van der Waals surface area contributed by atoms with E-state index in [1.54, 1.807) is 17.9 Å². The van der Waals surface area contributed by atoms with Gasteiger partial charge in [-0.25, -0.2) is 4.79 Å². The number of likely N-dealkylation sites (tertiary alicyclic amines) is 1. The highest BCUT2D eigenvalue weighted by molar-refractivity contribution is 5.94. The van der Waals surface area contributed by atoms with Crippen LogP contribution in [0.5, 0.6) is 0 Å². The third kappa shape index (κ3) is 4.84. The fraction of sp³-hybridized carbons (Fsp3) is 0.588. The van der Waals surface area contributed by atoms with E-state index < -0.39 is 24.0 Å². The molecular weight excluding hydrogens is 312 g/mol. The van der Waals surface area contributed by atoms with E-state index in [2.05, 4.69) is 5.32 Å². The molecule has 0 aliphatic carbocycles. The maximum atomic E-state index is 12.4. The average Bonchev–Trinajstić information content (AvgIpc) is 2.97.